The summed E-state index contributed by atoms with van der Waals surface area (Å²) in [7, 11) is 0. The Balaban J connectivity index is 2.32. The summed E-state index contributed by atoms with van der Waals surface area (Å²) in [6.07, 6.45) is 3.57. The zero-order valence-corrected chi connectivity index (χ0v) is 10.6. The van der Waals surface area contributed by atoms with Gasteiger partial charge in [-0.05, 0) is 24.1 Å². The van der Waals surface area contributed by atoms with Gasteiger partial charge in [-0.15, -0.1) is 11.8 Å². The summed E-state index contributed by atoms with van der Waals surface area (Å²) in [5, 5.41) is 11.2. The molecule has 2 rings (SSSR count). The molecular weight excluding hydrogens is 232 g/mol. The minimum absolute atomic E-state index is 0.224. The minimum atomic E-state index is 0.224. The third kappa shape index (κ3) is 2.70. The van der Waals surface area contributed by atoms with Crippen molar-refractivity contribution in [2.24, 2.45) is 5.92 Å². The van der Waals surface area contributed by atoms with Crippen LogP contribution in [-0.4, -0.2) is 22.5 Å². The fourth-order valence-electron chi connectivity index (χ4n) is 1.59. The lowest BCUT2D eigenvalue weighted by molar-refractivity contribution is 0.250. The first-order valence-electron chi connectivity index (χ1n) is 5.58. The van der Waals surface area contributed by atoms with Crippen molar-refractivity contribution in [1.29, 1.82) is 0 Å². The van der Waals surface area contributed by atoms with Gasteiger partial charge >= 0.3 is 0 Å². The monoisotopic (exact) mass is 248 g/mol. The van der Waals surface area contributed by atoms with Crippen LogP contribution in [0.5, 0.6) is 0 Å². The lowest BCUT2D eigenvalue weighted by Crippen LogP contribution is -2.03. The Labute approximate surface area is 105 Å². The summed E-state index contributed by atoms with van der Waals surface area (Å²) in [6, 6.07) is 5.93. The van der Waals surface area contributed by atoms with Crippen LogP contribution >= 0.6 is 11.8 Å². The lowest BCUT2D eigenvalue weighted by Gasteiger charge is -2.10. The van der Waals surface area contributed by atoms with Crippen LogP contribution in [0.3, 0.4) is 0 Å². The van der Waals surface area contributed by atoms with Gasteiger partial charge in [-0.2, -0.15) is 0 Å². The standard InChI is InChI=1S/C13H16N2OS/c1-9(7-16)8-17-13-3-2-12(14)11-6-15-5-4-10(11)13/h2-6,9,16H,7-8,14H2,1H3. The number of rotatable bonds is 4. The van der Waals surface area contributed by atoms with Gasteiger partial charge in [-0.1, -0.05) is 6.92 Å². The minimum Gasteiger partial charge on any atom is -0.398 e. The zero-order valence-electron chi connectivity index (χ0n) is 9.76. The Kier molecular flexibility index (Phi) is 3.86. The maximum absolute atomic E-state index is 9.03. The van der Waals surface area contributed by atoms with E-state index in [4.69, 9.17) is 10.8 Å². The maximum Gasteiger partial charge on any atom is 0.0464 e. The first-order valence-corrected chi connectivity index (χ1v) is 6.56. The van der Waals surface area contributed by atoms with E-state index in [1.54, 1.807) is 24.2 Å². The van der Waals surface area contributed by atoms with Gasteiger partial charge in [0.1, 0.15) is 0 Å². The number of pyridine rings is 1. The first kappa shape index (κ1) is 12.2. The Morgan fingerprint density at radius 2 is 2.18 bits per heavy atom. The number of anilines is 1. The topological polar surface area (TPSA) is 59.1 Å². The molecule has 0 aliphatic carbocycles. The van der Waals surface area contributed by atoms with Gasteiger partial charge in [0.05, 0.1) is 0 Å². The Morgan fingerprint density at radius 3 is 2.94 bits per heavy atom. The van der Waals surface area contributed by atoms with Crippen molar-refractivity contribution >= 4 is 28.2 Å². The van der Waals surface area contributed by atoms with Gasteiger partial charge < -0.3 is 10.8 Å². The second-order valence-electron chi connectivity index (χ2n) is 4.17. The molecule has 1 unspecified atom stereocenters. The molecule has 17 heavy (non-hydrogen) atoms. The Hall–Kier alpha value is -1.26. The van der Waals surface area contributed by atoms with Crippen molar-refractivity contribution < 1.29 is 5.11 Å². The molecule has 0 aliphatic heterocycles. The highest BCUT2D eigenvalue weighted by molar-refractivity contribution is 7.99. The number of hydrogen-bond donors (Lipinski definition) is 2. The number of benzene rings is 1. The summed E-state index contributed by atoms with van der Waals surface area (Å²) in [6.45, 7) is 2.26. The smallest absolute Gasteiger partial charge is 0.0464 e. The van der Waals surface area contributed by atoms with E-state index in [1.807, 2.05) is 25.1 Å². The normalized spacial score (nSPS) is 12.8. The van der Waals surface area contributed by atoms with Gasteiger partial charge in [0.15, 0.2) is 0 Å². The van der Waals surface area contributed by atoms with Crippen molar-refractivity contribution in [3.05, 3.63) is 30.6 Å². The average Bonchev–Trinajstić information content (AvgIpc) is 2.38. The predicted molar refractivity (Wildman–Crippen MR) is 73.1 cm³/mol. The van der Waals surface area contributed by atoms with Crippen LogP contribution in [0.4, 0.5) is 5.69 Å². The molecular formula is C13H16N2OS. The van der Waals surface area contributed by atoms with E-state index >= 15 is 0 Å². The molecule has 0 saturated carbocycles. The fourth-order valence-corrected chi connectivity index (χ4v) is 2.66. The molecule has 4 heteroatoms. The van der Waals surface area contributed by atoms with Crippen LogP contribution in [0.2, 0.25) is 0 Å². The molecule has 90 valence electrons. The van der Waals surface area contributed by atoms with Crippen LogP contribution < -0.4 is 5.73 Å². The maximum atomic E-state index is 9.03. The molecule has 0 spiro atoms. The second kappa shape index (κ2) is 5.38. The van der Waals surface area contributed by atoms with Gasteiger partial charge in [-0.25, -0.2) is 0 Å². The van der Waals surface area contributed by atoms with Crippen LogP contribution in [0.15, 0.2) is 35.5 Å². The summed E-state index contributed by atoms with van der Waals surface area (Å²) in [5.41, 5.74) is 6.68. The average molecular weight is 248 g/mol. The molecule has 0 amide bonds. The van der Waals surface area contributed by atoms with Crippen molar-refractivity contribution in [1.82, 2.24) is 4.98 Å². The number of nitrogens with zero attached hydrogens (tertiary/aromatic N) is 1. The number of fused-ring (bicyclic) bond motifs is 1. The molecule has 1 atom stereocenters. The van der Waals surface area contributed by atoms with E-state index in [0.717, 1.165) is 22.2 Å². The van der Waals surface area contributed by atoms with E-state index in [1.165, 1.54) is 4.90 Å². The molecule has 0 aliphatic rings. The molecule has 1 aromatic carbocycles. The van der Waals surface area contributed by atoms with E-state index in [2.05, 4.69) is 4.98 Å². The molecule has 3 N–H and O–H groups in total. The summed E-state index contributed by atoms with van der Waals surface area (Å²) < 4.78 is 0. The molecule has 0 bridgehead atoms. The second-order valence-corrected chi connectivity index (χ2v) is 5.23. The van der Waals surface area contributed by atoms with Gasteiger partial charge in [0, 0.05) is 46.1 Å². The quantitative estimate of drug-likeness (QED) is 0.645. The van der Waals surface area contributed by atoms with Crippen molar-refractivity contribution in [2.75, 3.05) is 18.1 Å². The first-order chi connectivity index (χ1) is 8.22. The van der Waals surface area contributed by atoms with E-state index in [0.29, 0.717) is 5.92 Å². The predicted octanol–water partition coefficient (Wildman–Crippen LogP) is 2.54. The zero-order chi connectivity index (χ0) is 12.3. The number of aromatic nitrogens is 1. The van der Waals surface area contributed by atoms with Gasteiger partial charge in [0.25, 0.3) is 0 Å². The van der Waals surface area contributed by atoms with Crippen molar-refractivity contribution in [3.63, 3.8) is 0 Å². The fraction of sp³-hybridized carbons (Fsp3) is 0.308. The molecule has 0 saturated heterocycles. The summed E-state index contributed by atoms with van der Waals surface area (Å²) in [5.74, 6) is 1.20. The van der Waals surface area contributed by atoms with Crippen LogP contribution in [-0.2, 0) is 0 Å². The molecule has 1 aromatic heterocycles. The number of aliphatic hydroxyl groups excluding tert-OH is 1. The van der Waals surface area contributed by atoms with E-state index in [-0.39, 0.29) is 6.61 Å². The highest BCUT2D eigenvalue weighted by Crippen LogP contribution is 2.31. The van der Waals surface area contributed by atoms with E-state index in [9.17, 15) is 0 Å². The Morgan fingerprint density at radius 1 is 1.35 bits per heavy atom. The van der Waals surface area contributed by atoms with Gasteiger partial charge in [0.2, 0.25) is 0 Å². The van der Waals surface area contributed by atoms with Crippen LogP contribution in [0.1, 0.15) is 6.92 Å². The summed E-state index contributed by atoms with van der Waals surface area (Å²) in [4.78, 5) is 5.29. The number of thioether (sulfide) groups is 1. The van der Waals surface area contributed by atoms with Gasteiger partial charge in [-0.3, -0.25) is 4.98 Å². The molecule has 0 radical (unpaired) electrons. The molecule has 1 heterocycles. The van der Waals surface area contributed by atoms with E-state index < -0.39 is 0 Å². The number of nitrogens with two attached hydrogens (primary N) is 1. The molecule has 2 aromatic rings. The van der Waals surface area contributed by atoms with Crippen LogP contribution in [0.25, 0.3) is 10.8 Å². The molecule has 3 nitrogen and oxygen atoms in total. The van der Waals surface area contributed by atoms with Crippen LogP contribution in [0, 0.1) is 5.92 Å². The largest absolute Gasteiger partial charge is 0.398 e. The number of hydrogen-bond acceptors (Lipinski definition) is 4. The highest BCUT2D eigenvalue weighted by atomic mass is 32.2. The highest BCUT2D eigenvalue weighted by Gasteiger charge is 2.06. The third-order valence-electron chi connectivity index (χ3n) is 2.65. The van der Waals surface area contributed by atoms with Crippen molar-refractivity contribution in [3.8, 4) is 0 Å². The van der Waals surface area contributed by atoms with Crippen molar-refractivity contribution in [2.45, 2.75) is 11.8 Å². The Bertz CT molecular complexity index is 516. The SMILES string of the molecule is CC(CO)CSc1ccc(N)c2cnccc12. The summed E-state index contributed by atoms with van der Waals surface area (Å²) >= 11 is 1.75. The lowest BCUT2D eigenvalue weighted by atomic mass is 10.1. The number of aliphatic hydroxyl groups is 1. The number of nitrogen functional groups attached to an aromatic ring is 1. The third-order valence-corrected chi connectivity index (χ3v) is 4.05. The molecule has 0 fully saturated rings.